The molecule has 2 N–H and O–H groups in total. The Hall–Kier alpha value is -5.59. The molecule has 3 aromatic carbocycles. The van der Waals surface area contributed by atoms with Crippen LogP contribution in [0.1, 0.15) is 67.5 Å². The average Bonchev–Trinajstić information content (AvgIpc) is 3.81. The Morgan fingerprint density at radius 1 is 0.927 bits per heavy atom. The number of anilines is 1. The summed E-state index contributed by atoms with van der Waals surface area (Å²) in [4.78, 5) is 67.7. The number of amides is 2. The summed E-state index contributed by atoms with van der Waals surface area (Å²) in [5.41, 5.74) is 0.653. The summed E-state index contributed by atoms with van der Waals surface area (Å²) in [5.74, 6) is -6.56. The van der Waals surface area contributed by atoms with Gasteiger partial charge < -0.3 is 34.0 Å². The zero-order valence-corrected chi connectivity index (χ0v) is 32.1. The first-order valence-electron chi connectivity index (χ1n) is 17.4. The molecule has 0 radical (unpaired) electrons. The number of para-hydroxylation sites is 1. The summed E-state index contributed by atoms with van der Waals surface area (Å²) < 4.78 is 22.6. The highest BCUT2D eigenvalue weighted by molar-refractivity contribution is 6.40. The Labute approximate surface area is 327 Å². The largest absolute Gasteiger partial charge is 0.481 e. The van der Waals surface area contributed by atoms with Crippen LogP contribution in [0.4, 0.5) is 5.69 Å². The Kier molecular flexibility index (Phi) is 13.1. The molecule has 0 saturated heterocycles. The summed E-state index contributed by atoms with van der Waals surface area (Å²) in [6.45, 7) is 6.23. The number of hydrogen-bond donors (Lipinski definition) is 2. The number of Topliss-reactive ketones (excluding diaryl/α,β-unsaturated/α-hetero) is 1. The molecular formula is C41H40Cl2N2O10. The third kappa shape index (κ3) is 10.6. The van der Waals surface area contributed by atoms with Gasteiger partial charge in [-0.05, 0) is 81.8 Å². The molecule has 12 nitrogen and oxygen atoms in total. The molecular weight excluding hydrogens is 751 g/mol. The number of ketones is 1. The van der Waals surface area contributed by atoms with Gasteiger partial charge in [-0.3, -0.25) is 24.0 Å². The molecule has 3 unspecified atom stereocenters. The first kappa shape index (κ1) is 40.6. The standard InChI is InChI=1S/C41H40Cl2N2O10/c1-24(29(25-15-17-33-35(20-25)53-23-52-33)21-27-16-18-34(54-27)38(49)44-26-10-6-5-7-11-26)45(19-9-12-28-31(42)13-8-14-32(28)43)39(50)37(48)30(22-36(46)47)40(51)55-41(2,3)4/h5-18,20,24,29-30H,19,21-23H2,1-4H3,(H,44,49)(H,46,47). The topological polar surface area (TPSA) is 162 Å². The third-order valence-corrected chi connectivity index (χ3v) is 9.34. The highest BCUT2D eigenvalue weighted by Crippen LogP contribution is 2.38. The second-order valence-corrected chi connectivity index (χ2v) is 14.6. The van der Waals surface area contributed by atoms with E-state index in [9.17, 15) is 29.1 Å². The number of carboxylic acids is 1. The number of carbonyl (C=O) groups excluding carboxylic acids is 4. The number of rotatable bonds is 15. The number of nitrogens with zero attached hydrogens (tertiary/aromatic N) is 1. The lowest BCUT2D eigenvalue weighted by molar-refractivity contribution is -0.167. The second kappa shape index (κ2) is 17.7. The first-order chi connectivity index (χ1) is 26.1. The van der Waals surface area contributed by atoms with Crippen molar-refractivity contribution < 1.29 is 47.7 Å². The third-order valence-electron chi connectivity index (χ3n) is 8.68. The number of hydrogen-bond acceptors (Lipinski definition) is 9. The summed E-state index contributed by atoms with van der Waals surface area (Å²) in [6.07, 6.45) is 2.36. The Balaban J connectivity index is 1.53. The van der Waals surface area contributed by atoms with Gasteiger partial charge in [0.15, 0.2) is 17.3 Å². The van der Waals surface area contributed by atoms with E-state index in [2.05, 4.69) is 5.32 Å². The maximum atomic E-state index is 14.4. The summed E-state index contributed by atoms with van der Waals surface area (Å²) >= 11 is 12.8. The van der Waals surface area contributed by atoms with E-state index < -0.39 is 59.4 Å². The van der Waals surface area contributed by atoms with Crippen LogP contribution in [-0.2, 0) is 30.3 Å². The normalized spacial score (nSPS) is 13.9. The van der Waals surface area contributed by atoms with Gasteiger partial charge in [0.1, 0.15) is 17.3 Å². The number of aliphatic carboxylic acids is 1. The molecule has 5 rings (SSSR count). The summed E-state index contributed by atoms with van der Waals surface area (Å²) in [7, 11) is 0. The Bertz CT molecular complexity index is 2070. The van der Waals surface area contributed by atoms with Crippen LogP contribution in [0.3, 0.4) is 0 Å². The molecule has 1 aliphatic rings. The van der Waals surface area contributed by atoms with Crippen LogP contribution < -0.4 is 14.8 Å². The molecule has 0 fully saturated rings. The molecule has 0 saturated carbocycles. The highest BCUT2D eigenvalue weighted by atomic mass is 35.5. The van der Waals surface area contributed by atoms with Gasteiger partial charge in [-0.1, -0.05) is 65.7 Å². The molecule has 1 aromatic heterocycles. The van der Waals surface area contributed by atoms with Gasteiger partial charge >= 0.3 is 11.9 Å². The van der Waals surface area contributed by atoms with Crippen LogP contribution in [0.2, 0.25) is 10.0 Å². The van der Waals surface area contributed by atoms with Gasteiger partial charge in [0, 0.05) is 46.2 Å². The predicted molar refractivity (Wildman–Crippen MR) is 205 cm³/mol. The van der Waals surface area contributed by atoms with E-state index in [-0.39, 0.29) is 25.5 Å². The predicted octanol–water partition coefficient (Wildman–Crippen LogP) is 7.83. The fourth-order valence-corrected chi connectivity index (χ4v) is 6.50. The van der Waals surface area contributed by atoms with Crippen molar-refractivity contribution in [2.75, 3.05) is 18.7 Å². The maximum Gasteiger partial charge on any atom is 0.318 e. The lowest BCUT2D eigenvalue weighted by Crippen LogP contribution is -2.49. The minimum atomic E-state index is -1.92. The van der Waals surface area contributed by atoms with E-state index in [0.717, 1.165) is 0 Å². The summed E-state index contributed by atoms with van der Waals surface area (Å²) in [5, 5.41) is 13.1. The van der Waals surface area contributed by atoms with Crippen molar-refractivity contribution in [3.63, 3.8) is 0 Å². The Morgan fingerprint density at radius 2 is 1.62 bits per heavy atom. The molecule has 4 aromatic rings. The fourth-order valence-electron chi connectivity index (χ4n) is 5.98. The van der Waals surface area contributed by atoms with Crippen LogP contribution >= 0.6 is 23.2 Å². The van der Waals surface area contributed by atoms with Crippen LogP contribution in [-0.4, -0.2) is 64.5 Å². The van der Waals surface area contributed by atoms with Crippen LogP contribution in [0.15, 0.2) is 89.4 Å². The number of halogens is 2. The molecule has 2 heterocycles. The second-order valence-electron chi connectivity index (χ2n) is 13.8. The van der Waals surface area contributed by atoms with Gasteiger partial charge in [0.05, 0.1) is 6.42 Å². The van der Waals surface area contributed by atoms with E-state index in [1.54, 1.807) is 107 Å². The van der Waals surface area contributed by atoms with E-state index >= 15 is 0 Å². The smallest absolute Gasteiger partial charge is 0.318 e. The van der Waals surface area contributed by atoms with Gasteiger partial charge in [-0.25, -0.2) is 0 Å². The molecule has 0 spiro atoms. The molecule has 0 bridgehead atoms. The van der Waals surface area contributed by atoms with E-state index in [4.69, 9.17) is 41.8 Å². The van der Waals surface area contributed by atoms with Crippen molar-refractivity contribution in [1.29, 1.82) is 0 Å². The minimum Gasteiger partial charge on any atom is -0.481 e. The molecule has 1 aliphatic heterocycles. The van der Waals surface area contributed by atoms with Crippen molar-refractivity contribution >= 4 is 64.5 Å². The van der Waals surface area contributed by atoms with Gasteiger partial charge in [-0.2, -0.15) is 0 Å². The number of carboxylic acid groups (broad SMARTS) is 1. The monoisotopic (exact) mass is 790 g/mol. The number of fused-ring (bicyclic) bond motifs is 1. The maximum absolute atomic E-state index is 14.4. The number of furan rings is 1. The molecule has 3 atom stereocenters. The van der Waals surface area contributed by atoms with Gasteiger partial charge in [0.25, 0.3) is 11.8 Å². The molecule has 288 valence electrons. The Morgan fingerprint density at radius 3 is 2.29 bits per heavy atom. The number of benzene rings is 3. The zero-order chi connectivity index (χ0) is 39.9. The number of ether oxygens (including phenoxy) is 3. The number of carbonyl (C=O) groups is 5. The van der Waals surface area contributed by atoms with Crippen LogP contribution in [0.25, 0.3) is 6.08 Å². The lowest BCUT2D eigenvalue weighted by atomic mass is 9.86. The van der Waals surface area contributed by atoms with Crippen molar-refractivity contribution in [3.8, 4) is 11.5 Å². The SMILES string of the molecule is CC(C(Cc1ccc(C(=O)Nc2ccccc2)o1)c1ccc2c(c1)OCO2)N(CC=Cc1c(Cl)cccc1Cl)C(=O)C(=O)C(CC(=O)O)C(=O)OC(C)(C)C. The van der Waals surface area contributed by atoms with Crippen molar-refractivity contribution in [2.45, 2.75) is 58.1 Å². The highest BCUT2D eigenvalue weighted by Gasteiger charge is 2.41. The van der Waals surface area contributed by atoms with Crippen LogP contribution in [0.5, 0.6) is 11.5 Å². The quantitative estimate of drug-likeness (QED) is 0.0690. The molecule has 55 heavy (non-hydrogen) atoms. The minimum absolute atomic E-state index is 0.0151. The van der Waals surface area contributed by atoms with E-state index in [0.29, 0.717) is 44.1 Å². The van der Waals surface area contributed by atoms with E-state index in [1.807, 2.05) is 6.07 Å². The molecule has 0 aliphatic carbocycles. The summed E-state index contributed by atoms with van der Waals surface area (Å²) in [6, 6.07) is 21.5. The fraction of sp³-hybridized carbons (Fsp3) is 0.293. The van der Waals surface area contributed by atoms with Gasteiger partial charge in [0.2, 0.25) is 12.6 Å². The number of nitrogens with one attached hydrogen (secondary N) is 1. The first-order valence-corrected chi connectivity index (χ1v) is 18.1. The van der Waals surface area contributed by atoms with Crippen LogP contribution in [0, 0.1) is 5.92 Å². The molecule has 2 amide bonds. The molecule has 14 heteroatoms. The van der Waals surface area contributed by atoms with Crippen molar-refractivity contribution in [2.24, 2.45) is 5.92 Å². The zero-order valence-electron chi connectivity index (χ0n) is 30.5. The van der Waals surface area contributed by atoms with Gasteiger partial charge in [-0.15, -0.1) is 0 Å². The van der Waals surface area contributed by atoms with E-state index in [1.165, 1.54) is 11.0 Å². The van der Waals surface area contributed by atoms with Crippen molar-refractivity contribution in [1.82, 2.24) is 4.90 Å². The number of esters is 1. The lowest BCUT2D eigenvalue weighted by Gasteiger charge is -2.35. The van der Waals surface area contributed by atoms with Crippen molar-refractivity contribution in [3.05, 3.63) is 118 Å². The average molecular weight is 792 g/mol.